The molecule has 0 fully saturated rings. The quantitative estimate of drug-likeness (QED) is 0.397. The van der Waals surface area contributed by atoms with Crippen molar-refractivity contribution in [2.45, 2.75) is 6.42 Å². The predicted molar refractivity (Wildman–Crippen MR) is 51.6 cm³/mol. The van der Waals surface area contributed by atoms with Crippen LogP contribution in [0.3, 0.4) is 0 Å². The minimum Gasteiger partial charge on any atom is -0.481 e. The molecule has 0 aliphatic carbocycles. The molecule has 2 nitrogen and oxygen atoms in total. The van der Waals surface area contributed by atoms with Crippen LogP contribution in [0.4, 0.5) is 0 Å². The third kappa shape index (κ3) is 7.55. The van der Waals surface area contributed by atoms with E-state index >= 15 is 0 Å². The summed E-state index contributed by atoms with van der Waals surface area (Å²) in [7, 11) is 2.94. The summed E-state index contributed by atoms with van der Waals surface area (Å²) in [5.41, 5.74) is 0. The van der Waals surface area contributed by atoms with Crippen molar-refractivity contribution < 1.29 is 9.90 Å². The Balaban J connectivity index is 3.21. The number of carboxylic acid groups (broad SMARTS) is 1. The minimum atomic E-state index is -0.762. The first-order valence-corrected chi connectivity index (χ1v) is 5.31. The second-order valence-corrected chi connectivity index (χ2v) is 4.26. The summed E-state index contributed by atoms with van der Waals surface area (Å²) in [5, 5.41) is 8.27. The van der Waals surface area contributed by atoms with Gasteiger partial charge in [0.25, 0.3) is 0 Å². The normalized spacial score (nSPS) is 9.09. The van der Waals surface area contributed by atoms with Crippen LogP contribution in [0.5, 0.6) is 0 Å². The predicted octanol–water partition coefficient (Wildman–Crippen LogP) is 2.54. The van der Waals surface area contributed by atoms with Gasteiger partial charge in [-0.25, -0.2) is 0 Å². The van der Waals surface area contributed by atoms with E-state index in [1.54, 1.807) is 6.08 Å². The fourth-order valence-electron chi connectivity index (χ4n) is 0.280. The number of hydrogen-bond acceptors (Lipinski definition) is 3. The van der Waals surface area contributed by atoms with Gasteiger partial charge in [-0.05, 0) is 0 Å². The zero-order valence-corrected chi connectivity index (χ0v) is 7.71. The number of hydrogen-bond donors (Lipinski definition) is 1. The van der Waals surface area contributed by atoms with Crippen LogP contribution in [-0.2, 0) is 4.79 Å². The second kappa shape index (κ2) is 6.37. The van der Waals surface area contributed by atoms with Gasteiger partial charge in [-0.1, -0.05) is 40.8 Å². The van der Waals surface area contributed by atoms with E-state index in [-0.39, 0.29) is 6.42 Å². The van der Waals surface area contributed by atoms with Gasteiger partial charge in [0.05, 0.1) is 6.42 Å². The summed E-state index contributed by atoms with van der Waals surface area (Å²) in [6.07, 6.45) is 1.85. The van der Waals surface area contributed by atoms with E-state index in [0.717, 1.165) is 4.91 Å². The number of aliphatic carboxylic acids is 1. The van der Waals surface area contributed by atoms with Crippen LogP contribution < -0.4 is 0 Å². The van der Waals surface area contributed by atoms with Gasteiger partial charge >= 0.3 is 5.97 Å². The SMILES string of the molecule is C=CC(=C)SSCCC(=O)O. The molecule has 62 valence electrons. The smallest absolute Gasteiger partial charge is 0.304 e. The second-order valence-electron chi connectivity index (χ2n) is 1.72. The minimum absolute atomic E-state index is 0.197. The van der Waals surface area contributed by atoms with Gasteiger partial charge in [-0.15, -0.1) is 0 Å². The van der Waals surface area contributed by atoms with Gasteiger partial charge in [-0.3, -0.25) is 4.79 Å². The molecule has 0 aromatic heterocycles. The van der Waals surface area contributed by atoms with Crippen LogP contribution in [0.2, 0.25) is 0 Å². The van der Waals surface area contributed by atoms with E-state index in [1.807, 2.05) is 0 Å². The Morgan fingerprint density at radius 3 is 2.73 bits per heavy atom. The maximum absolute atomic E-state index is 10.0. The average molecular weight is 190 g/mol. The summed E-state index contributed by atoms with van der Waals surface area (Å²) >= 11 is 0. The fraction of sp³-hybridized carbons (Fsp3) is 0.286. The highest BCUT2D eigenvalue weighted by Gasteiger charge is 1.96. The van der Waals surface area contributed by atoms with Crippen LogP contribution in [0.1, 0.15) is 6.42 Å². The molecule has 0 aliphatic heterocycles. The lowest BCUT2D eigenvalue weighted by atomic mass is 10.5. The number of carbonyl (C=O) groups is 1. The maximum atomic E-state index is 10.0. The largest absolute Gasteiger partial charge is 0.481 e. The van der Waals surface area contributed by atoms with E-state index in [4.69, 9.17) is 5.11 Å². The molecule has 0 heterocycles. The maximum Gasteiger partial charge on any atom is 0.304 e. The van der Waals surface area contributed by atoms with Crippen molar-refractivity contribution in [2.24, 2.45) is 0 Å². The zero-order chi connectivity index (χ0) is 8.69. The molecule has 0 radical (unpaired) electrons. The highest BCUT2D eigenvalue weighted by Crippen LogP contribution is 2.29. The third-order valence-electron chi connectivity index (χ3n) is 0.793. The lowest BCUT2D eigenvalue weighted by Crippen LogP contribution is -1.94. The van der Waals surface area contributed by atoms with E-state index in [0.29, 0.717) is 5.75 Å². The molecule has 0 aliphatic rings. The van der Waals surface area contributed by atoms with Gasteiger partial charge in [0.15, 0.2) is 0 Å². The Hall–Kier alpha value is -0.350. The molecule has 0 bridgehead atoms. The standard InChI is InChI=1S/C7H10O2S2/c1-3-6(2)11-10-5-4-7(8)9/h3H,1-2,4-5H2,(H,8,9). The molecule has 0 aromatic carbocycles. The van der Waals surface area contributed by atoms with Crippen molar-refractivity contribution in [2.75, 3.05) is 5.75 Å². The van der Waals surface area contributed by atoms with E-state index in [9.17, 15) is 4.79 Å². The van der Waals surface area contributed by atoms with Gasteiger partial charge in [0.1, 0.15) is 0 Å². The third-order valence-corrected chi connectivity index (χ3v) is 3.16. The molecule has 0 unspecified atom stereocenters. The first kappa shape index (κ1) is 10.7. The van der Waals surface area contributed by atoms with Crippen LogP contribution in [-0.4, -0.2) is 16.8 Å². The average Bonchev–Trinajstić information content (AvgIpc) is 1.97. The Morgan fingerprint density at radius 2 is 2.27 bits per heavy atom. The number of carboxylic acids is 1. The highest BCUT2D eigenvalue weighted by molar-refractivity contribution is 8.78. The fourth-order valence-corrected chi connectivity index (χ4v) is 2.00. The van der Waals surface area contributed by atoms with Gasteiger partial charge in [0.2, 0.25) is 0 Å². The number of rotatable bonds is 6. The first-order valence-electron chi connectivity index (χ1n) is 2.99. The molecule has 0 rings (SSSR count). The Bertz CT molecular complexity index is 166. The van der Waals surface area contributed by atoms with Crippen molar-refractivity contribution in [3.63, 3.8) is 0 Å². The molecule has 0 atom stereocenters. The Kier molecular flexibility index (Phi) is 6.16. The van der Waals surface area contributed by atoms with Crippen LogP contribution in [0.15, 0.2) is 24.1 Å². The molecule has 4 heteroatoms. The van der Waals surface area contributed by atoms with Crippen LogP contribution in [0, 0.1) is 0 Å². The lowest BCUT2D eigenvalue weighted by Gasteiger charge is -1.96. The van der Waals surface area contributed by atoms with Crippen molar-refractivity contribution in [3.05, 3.63) is 24.1 Å². The molecule has 0 amide bonds. The van der Waals surface area contributed by atoms with Gasteiger partial charge in [-0.2, -0.15) is 0 Å². The van der Waals surface area contributed by atoms with Crippen molar-refractivity contribution in [3.8, 4) is 0 Å². The topological polar surface area (TPSA) is 37.3 Å². The van der Waals surface area contributed by atoms with Crippen molar-refractivity contribution >= 4 is 27.6 Å². The lowest BCUT2D eigenvalue weighted by molar-refractivity contribution is -0.136. The molecule has 0 spiro atoms. The summed E-state index contributed by atoms with van der Waals surface area (Å²) in [5.74, 6) is -0.158. The van der Waals surface area contributed by atoms with Crippen LogP contribution >= 0.6 is 21.6 Å². The van der Waals surface area contributed by atoms with Gasteiger partial charge < -0.3 is 5.11 Å². The monoisotopic (exact) mass is 190 g/mol. The van der Waals surface area contributed by atoms with E-state index in [2.05, 4.69) is 13.2 Å². The summed E-state index contributed by atoms with van der Waals surface area (Å²) < 4.78 is 0. The summed E-state index contributed by atoms with van der Waals surface area (Å²) in [6, 6.07) is 0. The molecular formula is C7H10O2S2. The van der Waals surface area contributed by atoms with E-state index < -0.39 is 5.97 Å². The molecule has 1 N–H and O–H groups in total. The zero-order valence-electron chi connectivity index (χ0n) is 6.08. The summed E-state index contributed by atoms with van der Waals surface area (Å²) in [6.45, 7) is 7.19. The first-order chi connectivity index (χ1) is 5.16. The molecular weight excluding hydrogens is 180 g/mol. The molecule has 11 heavy (non-hydrogen) atoms. The Morgan fingerprint density at radius 1 is 1.64 bits per heavy atom. The molecule has 0 aromatic rings. The molecule has 0 saturated heterocycles. The highest BCUT2D eigenvalue weighted by atomic mass is 33.1. The van der Waals surface area contributed by atoms with Gasteiger partial charge in [0, 0.05) is 10.7 Å². The van der Waals surface area contributed by atoms with Crippen molar-refractivity contribution in [1.29, 1.82) is 0 Å². The van der Waals surface area contributed by atoms with E-state index in [1.165, 1.54) is 21.6 Å². The van der Waals surface area contributed by atoms with Crippen LogP contribution in [0.25, 0.3) is 0 Å². The number of allylic oxidation sites excluding steroid dienone is 1. The summed E-state index contributed by atoms with van der Waals surface area (Å²) in [4.78, 5) is 10.9. The van der Waals surface area contributed by atoms with Crippen molar-refractivity contribution in [1.82, 2.24) is 0 Å². The molecule has 0 saturated carbocycles. The Labute approximate surface area is 74.2 Å².